The van der Waals surface area contributed by atoms with Crippen LogP contribution in [0.2, 0.25) is 0 Å². The zero-order valence-corrected chi connectivity index (χ0v) is 17.5. The van der Waals surface area contributed by atoms with E-state index in [2.05, 4.69) is 6.92 Å². The van der Waals surface area contributed by atoms with Crippen LogP contribution in [0.5, 0.6) is 11.5 Å². The number of ether oxygens (including phenoxy) is 3. The monoisotopic (exact) mass is 396 g/mol. The summed E-state index contributed by atoms with van der Waals surface area (Å²) < 4.78 is 29.2. The zero-order chi connectivity index (χ0) is 21.0. The fourth-order valence-electron chi connectivity index (χ4n) is 3.02. The number of methoxy groups -OCH3 is 1. The van der Waals surface area contributed by atoms with Gasteiger partial charge in [-0.05, 0) is 31.4 Å². The molecule has 1 aromatic carbocycles. The van der Waals surface area contributed by atoms with Gasteiger partial charge in [-0.15, -0.1) is 0 Å². The number of hydrogen-bond donors (Lipinski definition) is 0. The Kier molecular flexibility index (Phi) is 10.6. The van der Waals surface area contributed by atoms with Crippen LogP contribution in [0.3, 0.4) is 0 Å². The maximum absolute atomic E-state index is 13.3. The van der Waals surface area contributed by atoms with Crippen molar-refractivity contribution in [1.82, 2.24) is 0 Å². The Hall–Kier alpha value is -2.11. The summed E-state index contributed by atoms with van der Waals surface area (Å²) in [5.74, 6) is -1.63. The number of unbranched alkanes of at least 4 members (excludes halogenated alkanes) is 5. The van der Waals surface area contributed by atoms with Crippen LogP contribution < -0.4 is 9.47 Å². The van der Waals surface area contributed by atoms with Crippen molar-refractivity contribution in [2.45, 2.75) is 72.1 Å². The van der Waals surface area contributed by atoms with Gasteiger partial charge in [-0.3, -0.25) is 9.59 Å². The Balaban J connectivity index is 2.72. The minimum absolute atomic E-state index is 0.0731. The summed E-state index contributed by atoms with van der Waals surface area (Å²) in [4.78, 5) is 25.5. The quantitative estimate of drug-likeness (QED) is 0.192. The molecule has 0 spiro atoms. The molecule has 158 valence electrons. The molecule has 0 fully saturated rings. The minimum atomic E-state index is -1.39. The number of hydrogen-bond acceptors (Lipinski definition) is 5. The minimum Gasteiger partial charge on any atom is -0.493 e. The smallest absolute Gasteiger partial charge is 0.328 e. The average molecular weight is 396 g/mol. The van der Waals surface area contributed by atoms with Gasteiger partial charge < -0.3 is 14.2 Å². The van der Waals surface area contributed by atoms with Crippen LogP contribution in [0, 0.1) is 11.2 Å². The molecule has 0 saturated carbocycles. The molecule has 1 aromatic rings. The van der Waals surface area contributed by atoms with Crippen LogP contribution in [0.25, 0.3) is 0 Å². The molecule has 0 bridgehead atoms. The predicted molar refractivity (Wildman–Crippen MR) is 106 cm³/mol. The first-order chi connectivity index (χ1) is 13.4. The van der Waals surface area contributed by atoms with Crippen LogP contribution in [-0.2, 0) is 14.3 Å². The summed E-state index contributed by atoms with van der Waals surface area (Å²) in [6.45, 7) is 5.95. The summed E-state index contributed by atoms with van der Waals surface area (Å²) in [5.41, 5.74) is -1.39. The standard InChI is InChI=1S/C22H33FO5/c1-5-8-9-10-11-12-15-27-20(24)22(6-2,7-3)21(25)28-18-14-13-17(23)16-19(18)26-4/h13-14,16H,5-12,15H2,1-4H3. The fraction of sp³-hybridized carbons (Fsp3) is 0.636. The second-order valence-electron chi connectivity index (χ2n) is 6.88. The SMILES string of the molecule is CCCCCCCCOC(=O)C(CC)(CC)C(=O)Oc1ccc(F)cc1OC. The van der Waals surface area contributed by atoms with E-state index in [1.807, 2.05) is 0 Å². The highest BCUT2D eigenvalue weighted by Crippen LogP contribution is 2.34. The number of rotatable bonds is 13. The molecule has 0 radical (unpaired) electrons. The molecule has 0 aliphatic heterocycles. The summed E-state index contributed by atoms with van der Waals surface area (Å²) in [6.07, 6.45) is 6.98. The van der Waals surface area contributed by atoms with E-state index in [-0.39, 0.29) is 24.3 Å². The van der Waals surface area contributed by atoms with Crippen molar-refractivity contribution in [3.63, 3.8) is 0 Å². The number of carbonyl (C=O) groups is 2. The molecule has 0 amide bonds. The van der Waals surface area contributed by atoms with E-state index >= 15 is 0 Å². The highest BCUT2D eigenvalue weighted by atomic mass is 19.1. The Morgan fingerprint density at radius 1 is 0.929 bits per heavy atom. The van der Waals surface area contributed by atoms with Gasteiger partial charge in [0.2, 0.25) is 0 Å². The molecular weight excluding hydrogens is 363 g/mol. The number of esters is 2. The lowest BCUT2D eigenvalue weighted by Crippen LogP contribution is -2.42. The third kappa shape index (κ3) is 6.50. The van der Waals surface area contributed by atoms with E-state index in [1.165, 1.54) is 38.5 Å². The third-order valence-corrected chi connectivity index (χ3v) is 5.05. The molecule has 5 nitrogen and oxygen atoms in total. The molecule has 0 atom stereocenters. The molecule has 0 N–H and O–H groups in total. The Morgan fingerprint density at radius 3 is 2.18 bits per heavy atom. The first-order valence-electron chi connectivity index (χ1n) is 10.2. The molecule has 0 aromatic heterocycles. The Labute approximate surface area is 167 Å². The third-order valence-electron chi connectivity index (χ3n) is 5.05. The van der Waals surface area contributed by atoms with Gasteiger partial charge >= 0.3 is 11.9 Å². The van der Waals surface area contributed by atoms with E-state index in [0.717, 1.165) is 25.3 Å². The van der Waals surface area contributed by atoms with Crippen molar-refractivity contribution in [3.8, 4) is 11.5 Å². The second-order valence-corrected chi connectivity index (χ2v) is 6.88. The maximum atomic E-state index is 13.3. The van der Waals surface area contributed by atoms with E-state index in [9.17, 15) is 14.0 Å². The van der Waals surface area contributed by atoms with Gasteiger partial charge in [-0.1, -0.05) is 52.9 Å². The van der Waals surface area contributed by atoms with Crippen molar-refractivity contribution < 1.29 is 28.2 Å². The van der Waals surface area contributed by atoms with Crippen LogP contribution in [0.4, 0.5) is 4.39 Å². The first kappa shape index (κ1) is 23.9. The lowest BCUT2D eigenvalue weighted by atomic mass is 9.82. The average Bonchev–Trinajstić information content (AvgIpc) is 2.70. The summed E-state index contributed by atoms with van der Waals surface area (Å²) in [6, 6.07) is 3.60. The van der Waals surface area contributed by atoms with E-state index in [1.54, 1.807) is 13.8 Å². The van der Waals surface area contributed by atoms with Gasteiger partial charge in [0, 0.05) is 6.07 Å². The van der Waals surface area contributed by atoms with Gasteiger partial charge in [0.25, 0.3) is 0 Å². The highest BCUT2D eigenvalue weighted by Gasteiger charge is 2.46. The lowest BCUT2D eigenvalue weighted by Gasteiger charge is -2.27. The second kappa shape index (κ2) is 12.4. The Bertz CT molecular complexity index is 625. The molecular formula is C22H33FO5. The normalized spacial score (nSPS) is 11.2. The fourth-order valence-corrected chi connectivity index (χ4v) is 3.02. The van der Waals surface area contributed by atoms with Crippen LogP contribution in [0.15, 0.2) is 18.2 Å². The van der Waals surface area contributed by atoms with E-state index in [4.69, 9.17) is 14.2 Å². The molecule has 6 heteroatoms. The van der Waals surface area contributed by atoms with Crippen molar-refractivity contribution in [2.75, 3.05) is 13.7 Å². The van der Waals surface area contributed by atoms with Crippen molar-refractivity contribution in [3.05, 3.63) is 24.0 Å². The molecule has 0 aliphatic rings. The van der Waals surface area contributed by atoms with Crippen molar-refractivity contribution >= 4 is 11.9 Å². The van der Waals surface area contributed by atoms with Crippen LogP contribution in [0.1, 0.15) is 72.1 Å². The zero-order valence-electron chi connectivity index (χ0n) is 17.5. The van der Waals surface area contributed by atoms with Crippen LogP contribution >= 0.6 is 0 Å². The van der Waals surface area contributed by atoms with Crippen molar-refractivity contribution in [1.29, 1.82) is 0 Å². The van der Waals surface area contributed by atoms with E-state index < -0.39 is 23.2 Å². The highest BCUT2D eigenvalue weighted by molar-refractivity contribution is 6.00. The number of carbonyl (C=O) groups excluding carboxylic acids is 2. The molecule has 0 heterocycles. The topological polar surface area (TPSA) is 61.8 Å². The van der Waals surface area contributed by atoms with Crippen molar-refractivity contribution in [2.24, 2.45) is 5.41 Å². The molecule has 28 heavy (non-hydrogen) atoms. The molecule has 0 saturated heterocycles. The number of halogens is 1. The molecule has 1 rings (SSSR count). The van der Waals surface area contributed by atoms with Gasteiger partial charge in [0.1, 0.15) is 5.82 Å². The van der Waals surface area contributed by atoms with Gasteiger partial charge in [0.05, 0.1) is 13.7 Å². The van der Waals surface area contributed by atoms with Gasteiger partial charge in [0.15, 0.2) is 16.9 Å². The summed E-state index contributed by atoms with van der Waals surface area (Å²) in [5, 5.41) is 0. The predicted octanol–water partition coefficient (Wildman–Crippen LogP) is 5.45. The summed E-state index contributed by atoms with van der Waals surface area (Å²) >= 11 is 0. The van der Waals surface area contributed by atoms with Crippen LogP contribution in [-0.4, -0.2) is 25.7 Å². The van der Waals surface area contributed by atoms with Gasteiger partial charge in [-0.25, -0.2) is 4.39 Å². The lowest BCUT2D eigenvalue weighted by molar-refractivity contribution is -0.168. The summed E-state index contributed by atoms with van der Waals surface area (Å²) in [7, 11) is 1.35. The first-order valence-corrected chi connectivity index (χ1v) is 10.2. The largest absolute Gasteiger partial charge is 0.493 e. The van der Waals surface area contributed by atoms with Gasteiger partial charge in [-0.2, -0.15) is 0 Å². The maximum Gasteiger partial charge on any atom is 0.328 e. The molecule has 0 unspecified atom stereocenters. The number of benzene rings is 1. The van der Waals surface area contributed by atoms with E-state index in [0.29, 0.717) is 6.61 Å². The Morgan fingerprint density at radius 2 is 1.57 bits per heavy atom. The molecule has 0 aliphatic carbocycles.